The molecular formula is C18H24N4O4. The quantitative estimate of drug-likeness (QED) is 0.440. The minimum atomic E-state index is -0.505. The van der Waals surface area contributed by atoms with E-state index in [4.69, 9.17) is 4.74 Å². The lowest BCUT2D eigenvalue weighted by molar-refractivity contribution is -0.139. The average Bonchev–Trinajstić information content (AvgIpc) is 2.99. The molecule has 8 nitrogen and oxygen atoms in total. The zero-order valence-corrected chi connectivity index (χ0v) is 15.3. The Morgan fingerprint density at radius 1 is 1.23 bits per heavy atom. The molecule has 8 heteroatoms. The van der Waals surface area contributed by atoms with Gasteiger partial charge in [0.1, 0.15) is 12.4 Å². The standard InChI is InChI=1S/C18H24N4O4/c1-4-7-9-10-14(23)26-12-13-19-16-15(21(13)6-3)17(24)20-18(25)22(16)11-8-5-2/h4,7,9-10H,5-6,8,11-12H2,1-3H3,(H,20,24,25)/b7-4+,10-9+. The van der Waals surface area contributed by atoms with E-state index in [9.17, 15) is 14.4 Å². The molecule has 0 aliphatic heterocycles. The normalized spacial score (nSPS) is 11.8. The summed E-state index contributed by atoms with van der Waals surface area (Å²) in [6.07, 6.45) is 8.10. The highest BCUT2D eigenvalue weighted by atomic mass is 16.5. The van der Waals surface area contributed by atoms with Crippen LogP contribution >= 0.6 is 0 Å². The minimum Gasteiger partial charge on any atom is -0.454 e. The molecule has 2 rings (SSSR count). The summed E-state index contributed by atoms with van der Waals surface area (Å²) in [5, 5.41) is 0. The number of ether oxygens (including phenoxy) is 1. The van der Waals surface area contributed by atoms with Crippen LogP contribution in [0.5, 0.6) is 0 Å². The summed E-state index contributed by atoms with van der Waals surface area (Å²) >= 11 is 0. The number of unbranched alkanes of at least 4 members (excludes halogenated alkanes) is 1. The Bertz CT molecular complexity index is 946. The van der Waals surface area contributed by atoms with Crippen LogP contribution in [-0.4, -0.2) is 25.1 Å². The molecule has 140 valence electrons. The van der Waals surface area contributed by atoms with Crippen LogP contribution in [0.1, 0.15) is 39.4 Å². The SMILES string of the molecule is C/C=C/C=C/C(=O)OCc1nc2c(c(=O)[nH]c(=O)n2CCCC)n1CC. The summed E-state index contributed by atoms with van der Waals surface area (Å²) in [5.74, 6) is -0.0771. The summed E-state index contributed by atoms with van der Waals surface area (Å²) in [4.78, 5) is 42.9. The third-order valence-electron chi connectivity index (χ3n) is 3.90. The third-order valence-corrected chi connectivity index (χ3v) is 3.90. The summed E-state index contributed by atoms with van der Waals surface area (Å²) in [7, 11) is 0. The van der Waals surface area contributed by atoms with Crippen molar-refractivity contribution in [2.24, 2.45) is 0 Å². The van der Waals surface area contributed by atoms with Gasteiger partial charge in [0.25, 0.3) is 5.56 Å². The van der Waals surface area contributed by atoms with Crippen LogP contribution < -0.4 is 11.2 Å². The van der Waals surface area contributed by atoms with E-state index in [0.29, 0.717) is 30.1 Å². The second kappa shape index (κ2) is 8.98. The first-order chi connectivity index (χ1) is 12.5. The molecule has 0 aliphatic rings. The number of rotatable bonds is 8. The zero-order valence-electron chi connectivity index (χ0n) is 15.3. The Morgan fingerprint density at radius 3 is 2.65 bits per heavy atom. The Labute approximate surface area is 150 Å². The number of nitrogens with one attached hydrogen (secondary N) is 1. The Balaban J connectivity index is 2.41. The van der Waals surface area contributed by atoms with Crippen LogP contribution in [0.3, 0.4) is 0 Å². The van der Waals surface area contributed by atoms with Gasteiger partial charge in [-0.05, 0) is 20.3 Å². The van der Waals surface area contributed by atoms with Gasteiger partial charge in [0.15, 0.2) is 11.2 Å². The lowest BCUT2D eigenvalue weighted by Crippen LogP contribution is -2.31. The summed E-state index contributed by atoms with van der Waals surface area (Å²) in [6.45, 7) is 6.57. The van der Waals surface area contributed by atoms with Crippen molar-refractivity contribution in [3.05, 3.63) is 51.0 Å². The number of carbonyl (C=O) groups is 1. The van der Waals surface area contributed by atoms with Crippen LogP contribution in [0.15, 0.2) is 33.9 Å². The fraction of sp³-hybridized carbons (Fsp3) is 0.444. The number of carbonyl (C=O) groups excluding carboxylic acids is 1. The van der Waals surface area contributed by atoms with Gasteiger partial charge in [-0.15, -0.1) is 0 Å². The number of imidazole rings is 1. The van der Waals surface area contributed by atoms with Crippen LogP contribution in [0, 0.1) is 0 Å². The molecule has 0 saturated carbocycles. The lowest BCUT2D eigenvalue weighted by Gasteiger charge is -2.06. The van der Waals surface area contributed by atoms with Crippen molar-refractivity contribution in [1.82, 2.24) is 19.1 Å². The number of nitrogens with zero attached hydrogens (tertiary/aromatic N) is 3. The van der Waals surface area contributed by atoms with Gasteiger partial charge < -0.3 is 9.30 Å². The van der Waals surface area contributed by atoms with E-state index in [-0.39, 0.29) is 6.61 Å². The second-order valence-electron chi connectivity index (χ2n) is 5.70. The van der Waals surface area contributed by atoms with Crippen molar-refractivity contribution in [3.63, 3.8) is 0 Å². The van der Waals surface area contributed by atoms with Gasteiger partial charge in [-0.1, -0.05) is 31.6 Å². The number of esters is 1. The first-order valence-corrected chi connectivity index (χ1v) is 8.71. The number of hydrogen-bond acceptors (Lipinski definition) is 5. The van der Waals surface area contributed by atoms with Gasteiger partial charge in [-0.25, -0.2) is 14.6 Å². The molecule has 2 aromatic heterocycles. The third kappa shape index (κ3) is 4.19. The molecule has 0 fully saturated rings. The van der Waals surface area contributed by atoms with Crippen LogP contribution in [0.2, 0.25) is 0 Å². The molecule has 0 saturated heterocycles. The Morgan fingerprint density at radius 2 is 2.00 bits per heavy atom. The first kappa shape index (κ1) is 19.4. The fourth-order valence-corrected chi connectivity index (χ4v) is 2.62. The highest BCUT2D eigenvalue weighted by molar-refractivity contribution is 5.82. The number of aromatic nitrogens is 4. The Hall–Kier alpha value is -2.90. The van der Waals surface area contributed by atoms with E-state index in [2.05, 4.69) is 9.97 Å². The second-order valence-corrected chi connectivity index (χ2v) is 5.70. The smallest absolute Gasteiger partial charge is 0.331 e. The van der Waals surface area contributed by atoms with E-state index in [1.807, 2.05) is 20.8 Å². The first-order valence-electron chi connectivity index (χ1n) is 8.71. The highest BCUT2D eigenvalue weighted by Crippen LogP contribution is 2.13. The molecule has 0 bridgehead atoms. The maximum absolute atomic E-state index is 12.3. The number of aromatic amines is 1. The molecule has 0 amide bonds. The predicted molar refractivity (Wildman–Crippen MR) is 98.9 cm³/mol. The molecule has 0 aliphatic carbocycles. The molecular weight excluding hydrogens is 336 g/mol. The minimum absolute atomic E-state index is 0.0804. The van der Waals surface area contributed by atoms with Crippen LogP contribution in [0.25, 0.3) is 11.2 Å². The predicted octanol–water partition coefficient (Wildman–Crippen LogP) is 1.88. The molecule has 0 spiro atoms. The average molecular weight is 360 g/mol. The van der Waals surface area contributed by atoms with Gasteiger partial charge in [0.05, 0.1) is 0 Å². The summed E-state index contributed by atoms with van der Waals surface area (Å²) < 4.78 is 8.32. The molecule has 0 atom stereocenters. The number of H-pyrrole nitrogens is 1. The Kier molecular flexibility index (Phi) is 6.71. The van der Waals surface area contributed by atoms with Crippen molar-refractivity contribution in [2.45, 2.75) is 53.3 Å². The van der Waals surface area contributed by atoms with Crippen molar-refractivity contribution < 1.29 is 9.53 Å². The molecule has 2 heterocycles. The van der Waals surface area contributed by atoms with Crippen molar-refractivity contribution >= 4 is 17.1 Å². The van der Waals surface area contributed by atoms with E-state index in [1.54, 1.807) is 22.8 Å². The van der Waals surface area contributed by atoms with Gasteiger partial charge in [0.2, 0.25) is 0 Å². The fourth-order valence-electron chi connectivity index (χ4n) is 2.62. The van der Waals surface area contributed by atoms with Gasteiger partial charge >= 0.3 is 11.7 Å². The van der Waals surface area contributed by atoms with E-state index >= 15 is 0 Å². The zero-order chi connectivity index (χ0) is 19.1. The monoisotopic (exact) mass is 360 g/mol. The van der Waals surface area contributed by atoms with Crippen molar-refractivity contribution in [1.29, 1.82) is 0 Å². The van der Waals surface area contributed by atoms with E-state index in [0.717, 1.165) is 12.8 Å². The molecule has 0 aromatic carbocycles. The molecule has 0 radical (unpaired) electrons. The number of allylic oxidation sites excluding steroid dienone is 3. The number of hydrogen-bond donors (Lipinski definition) is 1. The number of aryl methyl sites for hydroxylation is 2. The topological polar surface area (TPSA) is 99.0 Å². The van der Waals surface area contributed by atoms with E-state index in [1.165, 1.54) is 10.6 Å². The number of fused-ring (bicyclic) bond motifs is 1. The van der Waals surface area contributed by atoms with Gasteiger partial charge in [0, 0.05) is 19.2 Å². The van der Waals surface area contributed by atoms with Crippen LogP contribution in [-0.2, 0) is 29.2 Å². The highest BCUT2D eigenvalue weighted by Gasteiger charge is 2.18. The van der Waals surface area contributed by atoms with Crippen molar-refractivity contribution in [3.8, 4) is 0 Å². The van der Waals surface area contributed by atoms with Crippen molar-refractivity contribution in [2.75, 3.05) is 0 Å². The molecule has 1 N–H and O–H groups in total. The molecule has 26 heavy (non-hydrogen) atoms. The maximum Gasteiger partial charge on any atom is 0.331 e. The largest absolute Gasteiger partial charge is 0.454 e. The molecule has 2 aromatic rings. The summed E-state index contributed by atoms with van der Waals surface area (Å²) in [6, 6.07) is 0. The van der Waals surface area contributed by atoms with Gasteiger partial charge in [-0.2, -0.15) is 0 Å². The maximum atomic E-state index is 12.3. The van der Waals surface area contributed by atoms with E-state index < -0.39 is 17.2 Å². The lowest BCUT2D eigenvalue weighted by atomic mass is 10.3. The summed E-state index contributed by atoms with van der Waals surface area (Å²) in [5.41, 5.74) is -0.324. The van der Waals surface area contributed by atoms with Crippen LogP contribution in [0.4, 0.5) is 0 Å². The molecule has 0 unspecified atom stereocenters. The van der Waals surface area contributed by atoms with Gasteiger partial charge in [-0.3, -0.25) is 14.3 Å².